The van der Waals surface area contributed by atoms with E-state index >= 15 is 0 Å². The third kappa shape index (κ3) is 4.21. The van der Waals surface area contributed by atoms with E-state index in [1.807, 2.05) is 25.7 Å². The van der Waals surface area contributed by atoms with Gasteiger partial charge in [-0.25, -0.2) is 14.8 Å². The summed E-state index contributed by atoms with van der Waals surface area (Å²) in [6, 6.07) is 8.07. The van der Waals surface area contributed by atoms with E-state index in [0.29, 0.717) is 42.0 Å². The molecule has 3 heterocycles. The molecule has 0 bridgehead atoms. The van der Waals surface area contributed by atoms with Crippen molar-refractivity contribution in [3.05, 3.63) is 41.3 Å². The van der Waals surface area contributed by atoms with E-state index in [0.717, 1.165) is 4.09 Å². The molecule has 1 fully saturated rings. The third-order valence-corrected chi connectivity index (χ3v) is 7.14. The fourth-order valence-electron chi connectivity index (χ4n) is 3.22. The molecule has 0 spiro atoms. The Bertz CT molecular complexity index is 1250. The van der Waals surface area contributed by atoms with Gasteiger partial charge in [-0.15, -0.1) is 14.2 Å². The highest BCUT2D eigenvalue weighted by Gasteiger charge is 2.30. The Kier molecular flexibility index (Phi) is 5.94. The van der Waals surface area contributed by atoms with Crippen molar-refractivity contribution < 1.29 is 18.0 Å². The lowest BCUT2D eigenvalue weighted by Gasteiger charge is -2.35. The molecule has 0 amide bonds. The standard InChI is InChI=1S/C20H23BrN6O4S/c1-20(2,3)19(28)31-26-11-9-25(10-12-26)17-15-16(21)24-27(18(15)23-13-22-17)32(29,30)14-7-5-4-6-8-14/h4-8,13H,9-12H2,1-3H3. The monoisotopic (exact) mass is 522 g/mol. The molecule has 1 aliphatic rings. The molecule has 32 heavy (non-hydrogen) atoms. The number of nitrogens with zero attached hydrogens (tertiary/aromatic N) is 6. The van der Waals surface area contributed by atoms with Crippen LogP contribution in [0, 0.1) is 5.41 Å². The van der Waals surface area contributed by atoms with Gasteiger partial charge in [0.2, 0.25) is 0 Å². The normalized spacial score (nSPS) is 15.8. The lowest BCUT2D eigenvalue weighted by atomic mass is 9.98. The van der Waals surface area contributed by atoms with Crippen molar-refractivity contribution in [1.82, 2.24) is 24.2 Å². The minimum atomic E-state index is -3.93. The van der Waals surface area contributed by atoms with Crippen molar-refractivity contribution in [1.29, 1.82) is 0 Å². The average Bonchev–Trinajstić information content (AvgIpc) is 3.12. The SMILES string of the molecule is CC(C)(C)C(=O)ON1CCN(c2ncnc3c2c(Br)nn3S(=O)(=O)c2ccccc2)CC1. The van der Waals surface area contributed by atoms with Gasteiger partial charge in [-0.3, -0.25) is 0 Å². The molecule has 0 N–H and O–H groups in total. The lowest BCUT2D eigenvalue weighted by Crippen LogP contribution is -2.48. The molecule has 1 saturated heterocycles. The van der Waals surface area contributed by atoms with Crippen molar-refractivity contribution in [2.24, 2.45) is 5.41 Å². The quantitative estimate of drug-likeness (QED) is 0.509. The number of hydrogen-bond acceptors (Lipinski definition) is 9. The minimum Gasteiger partial charge on any atom is -0.367 e. The molecule has 0 saturated carbocycles. The molecule has 10 nitrogen and oxygen atoms in total. The summed E-state index contributed by atoms with van der Waals surface area (Å²) in [5.41, 5.74) is -0.396. The summed E-state index contributed by atoms with van der Waals surface area (Å²) >= 11 is 3.38. The van der Waals surface area contributed by atoms with Gasteiger partial charge in [-0.1, -0.05) is 18.2 Å². The first-order valence-electron chi connectivity index (χ1n) is 10.0. The van der Waals surface area contributed by atoms with Gasteiger partial charge in [0.1, 0.15) is 16.7 Å². The van der Waals surface area contributed by atoms with Gasteiger partial charge in [0.05, 0.1) is 28.8 Å². The zero-order chi connectivity index (χ0) is 23.1. The first kappa shape index (κ1) is 22.6. The molecule has 0 radical (unpaired) electrons. The first-order valence-corrected chi connectivity index (χ1v) is 12.2. The van der Waals surface area contributed by atoms with Crippen LogP contribution in [0.5, 0.6) is 0 Å². The van der Waals surface area contributed by atoms with Gasteiger partial charge in [0.15, 0.2) is 5.65 Å². The number of fused-ring (bicyclic) bond motifs is 1. The molecule has 3 aromatic rings. The molecule has 1 aliphatic heterocycles. The Morgan fingerprint density at radius 1 is 1.06 bits per heavy atom. The second-order valence-electron chi connectivity index (χ2n) is 8.39. The maximum absolute atomic E-state index is 13.1. The van der Waals surface area contributed by atoms with E-state index in [9.17, 15) is 13.2 Å². The maximum atomic E-state index is 13.1. The number of anilines is 1. The van der Waals surface area contributed by atoms with E-state index in [2.05, 4.69) is 31.0 Å². The van der Waals surface area contributed by atoms with Crippen LogP contribution in [0.15, 0.2) is 46.2 Å². The predicted octanol–water partition coefficient (Wildman–Crippen LogP) is 2.45. The number of rotatable bonds is 4. The van der Waals surface area contributed by atoms with Crippen molar-refractivity contribution in [3.63, 3.8) is 0 Å². The number of halogens is 1. The fraction of sp³-hybridized carbons (Fsp3) is 0.400. The van der Waals surface area contributed by atoms with Crippen molar-refractivity contribution in [3.8, 4) is 0 Å². The molecule has 4 rings (SSSR count). The second-order valence-corrected chi connectivity index (χ2v) is 10.9. The average molecular weight is 523 g/mol. The Labute approximate surface area is 194 Å². The number of piperazine rings is 1. The Morgan fingerprint density at radius 3 is 2.34 bits per heavy atom. The van der Waals surface area contributed by atoms with Crippen LogP contribution < -0.4 is 4.90 Å². The second kappa shape index (κ2) is 8.41. The van der Waals surface area contributed by atoms with Crippen LogP contribution in [0.2, 0.25) is 0 Å². The number of aromatic nitrogens is 4. The molecule has 0 atom stereocenters. The third-order valence-electron chi connectivity index (χ3n) is 5.00. The highest BCUT2D eigenvalue weighted by molar-refractivity contribution is 9.10. The highest BCUT2D eigenvalue weighted by atomic mass is 79.9. The first-order chi connectivity index (χ1) is 15.1. The summed E-state index contributed by atoms with van der Waals surface area (Å²) in [4.78, 5) is 28.3. The fourth-order valence-corrected chi connectivity index (χ4v) is 5.09. The van der Waals surface area contributed by atoms with E-state index in [-0.39, 0.29) is 16.5 Å². The number of hydrogen-bond donors (Lipinski definition) is 0. The molecule has 0 aliphatic carbocycles. The van der Waals surface area contributed by atoms with Gasteiger partial charge < -0.3 is 9.74 Å². The zero-order valence-electron chi connectivity index (χ0n) is 17.9. The largest absolute Gasteiger partial charge is 0.367 e. The molecule has 2 aromatic heterocycles. The molecule has 0 unspecified atom stereocenters. The molecule has 12 heteroatoms. The van der Waals surface area contributed by atoms with E-state index in [4.69, 9.17) is 4.84 Å². The Hall–Kier alpha value is -2.57. The summed E-state index contributed by atoms with van der Waals surface area (Å²) in [5.74, 6) is 0.281. The molecule has 170 valence electrons. The minimum absolute atomic E-state index is 0.117. The van der Waals surface area contributed by atoms with Crippen LogP contribution in [-0.4, -0.2) is 64.8 Å². The number of benzene rings is 1. The topological polar surface area (TPSA) is 111 Å². The number of carbonyl (C=O) groups excluding carboxylic acids is 1. The van der Waals surface area contributed by atoms with Crippen LogP contribution in [0.1, 0.15) is 20.8 Å². The van der Waals surface area contributed by atoms with Crippen LogP contribution in [0.4, 0.5) is 5.82 Å². The van der Waals surface area contributed by atoms with Crippen LogP contribution >= 0.6 is 15.9 Å². The smallest absolute Gasteiger partial charge is 0.330 e. The van der Waals surface area contributed by atoms with Crippen molar-refractivity contribution >= 4 is 48.8 Å². The summed E-state index contributed by atoms with van der Waals surface area (Å²) in [6.45, 7) is 7.47. The molecular formula is C20H23BrN6O4S. The van der Waals surface area contributed by atoms with Gasteiger partial charge in [0.25, 0.3) is 10.0 Å². The molecule has 1 aromatic carbocycles. The van der Waals surface area contributed by atoms with Crippen molar-refractivity contribution in [2.75, 3.05) is 31.1 Å². The van der Waals surface area contributed by atoms with Gasteiger partial charge in [-0.05, 0) is 48.8 Å². The van der Waals surface area contributed by atoms with Gasteiger partial charge in [0, 0.05) is 13.1 Å². The Balaban J connectivity index is 1.62. The number of carbonyl (C=O) groups is 1. The predicted molar refractivity (Wildman–Crippen MR) is 121 cm³/mol. The van der Waals surface area contributed by atoms with E-state index in [1.165, 1.54) is 18.5 Å². The molecular weight excluding hydrogens is 500 g/mol. The maximum Gasteiger partial charge on any atom is 0.330 e. The summed E-state index contributed by atoms with van der Waals surface area (Å²) in [5, 5.41) is 6.36. The van der Waals surface area contributed by atoms with Crippen LogP contribution in [0.25, 0.3) is 11.0 Å². The van der Waals surface area contributed by atoms with Gasteiger partial charge >= 0.3 is 5.97 Å². The van der Waals surface area contributed by atoms with E-state index < -0.39 is 15.4 Å². The van der Waals surface area contributed by atoms with Crippen molar-refractivity contribution in [2.45, 2.75) is 25.7 Å². The summed E-state index contributed by atoms with van der Waals surface area (Å²) in [7, 11) is -3.93. The van der Waals surface area contributed by atoms with Gasteiger partial charge in [-0.2, -0.15) is 8.42 Å². The van der Waals surface area contributed by atoms with Crippen LogP contribution in [0.3, 0.4) is 0 Å². The highest BCUT2D eigenvalue weighted by Crippen LogP contribution is 2.32. The Morgan fingerprint density at radius 2 is 1.72 bits per heavy atom. The zero-order valence-corrected chi connectivity index (χ0v) is 20.3. The van der Waals surface area contributed by atoms with E-state index in [1.54, 1.807) is 23.3 Å². The summed E-state index contributed by atoms with van der Waals surface area (Å²) in [6.07, 6.45) is 1.33. The van der Waals surface area contributed by atoms with Crippen LogP contribution in [-0.2, 0) is 19.7 Å². The summed E-state index contributed by atoms with van der Waals surface area (Å²) < 4.78 is 27.5. The lowest BCUT2D eigenvalue weighted by molar-refractivity contribution is -0.201. The number of hydroxylamine groups is 2.